The van der Waals surface area contributed by atoms with E-state index in [-0.39, 0.29) is 0 Å². The largest absolute Gasteiger partial charge is 0.396 e. The Balaban J connectivity index is 2.05. The van der Waals surface area contributed by atoms with Crippen molar-refractivity contribution in [2.45, 2.75) is 24.7 Å². The molecule has 0 amide bonds. The second-order valence-corrected chi connectivity index (χ2v) is 4.40. The molecule has 13 heavy (non-hydrogen) atoms. The average molecular weight is 174 g/mol. The molecule has 68 valence electrons. The van der Waals surface area contributed by atoms with E-state index in [1.54, 1.807) is 0 Å². The van der Waals surface area contributed by atoms with E-state index < -0.39 is 0 Å². The minimum absolute atomic E-state index is 0.369. The highest BCUT2D eigenvalue weighted by Crippen LogP contribution is 2.60. The summed E-state index contributed by atoms with van der Waals surface area (Å²) in [4.78, 5) is 0. The number of aliphatic hydroxyl groups excluding tert-OH is 1. The second kappa shape index (κ2) is 2.36. The minimum atomic E-state index is 0.369. The molecule has 1 nitrogen and oxygen atoms in total. The van der Waals surface area contributed by atoms with E-state index >= 15 is 0 Å². The predicted molar refractivity (Wildman–Crippen MR) is 51.6 cm³/mol. The Hall–Kier alpha value is -0.820. The van der Waals surface area contributed by atoms with Gasteiger partial charge in [0.25, 0.3) is 0 Å². The van der Waals surface area contributed by atoms with Crippen LogP contribution in [0.1, 0.15) is 24.0 Å². The third-order valence-corrected chi connectivity index (χ3v) is 3.85. The van der Waals surface area contributed by atoms with Crippen LogP contribution in [0.25, 0.3) is 0 Å². The lowest BCUT2D eigenvalue weighted by atomic mass is 9.96. The molecule has 1 saturated carbocycles. The van der Waals surface area contributed by atoms with Crippen LogP contribution in [-0.2, 0) is 11.8 Å². The first kappa shape index (κ1) is 7.57. The van der Waals surface area contributed by atoms with Crippen LogP contribution in [0.5, 0.6) is 0 Å². The normalized spacial score (nSPS) is 35.0. The van der Waals surface area contributed by atoms with Gasteiger partial charge in [0.1, 0.15) is 0 Å². The molecular formula is C12H14O. The molecule has 1 N–H and O–H groups in total. The van der Waals surface area contributed by atoms with Gasteiger partial charge in [0, 0.05) is 12.0 Å². The topological polar surface area (TPSA) is 20.2 Å². The van der Waals surface area contributed by atoms with Crippen LogP contribution in [0, 0.1) is 5.92 Å². The molecular weight excluding hydrogens is 160 g/mol. The Morgan fingerprint density at radius 3 is 3.00 bits per heavy atom. The van der Waals surface area contributed by atoms with Crippen LogP contribution >= 0.6 is 0 Å². The Kier molecular flexibility index (Phi) is 1.37. The summed E-state index contributed by atoms with van der Waals surface area (Å²) < 4.78 is 0. The molecule has 1 fully saturated rings. The lowest BCUT2D eigenvalue weighted by Crippen LogP contribution is -2.06. The summed E-state index contributed by atoms with van der Waals surface area (Å²) >= 11 is 0. The molecule has 0 radical (unpaired) electrons. The summed E-state index contributed by atoms with van der Waals surface area (Å²) in [5, 5.41) is 9.16. The number of hydrogen-bond acceptors (Lipinski definition) is 1. The zero-order valence-electron chi connectivity index (χ0n) is 7.66. The Morgan fingerprint density at radius 2 is 2.23 bits per heavy atom. The number of aliphatic hydroxyl groups is 1. The van der Waals surface area contributed by atoms with Gasteiger partial charge in [-0.2, -0.15) is 0 Å². The molecule has 0 bridgehead atoms. The highest BCUT2D eigenvalue weighted by atomic mass is 16.3. The van der Waals surface area contributed by atoms with Crippen molar-refractivity contribution < 1.29 is 5.11 Å². The number of hydrogen-bond donors (Lipinski definition) is 1. The van der Waals surface area contributed by atoms with Crippen molar-refractivity contribution in [1.82, 2.24) is 0 Å². The average Bonchev–Trinajstić information content (AvgIpc) is 2.78. The van der Waals surface area contributed by atoms with Crippen molar-refractivity contribution in [3.8, 4) is 0 Å². The van der Waals surface area contributed by atoms with E-state index in [0.717, 1.165) is 0 Å². The van der Waals surface area contributed by atoms with Gasteiger partial charge in [0.05, 0.1) is 0 Å². The molecule has 1 aromatic rings. The number of aryl methyl sites for hydroxylation is 1. The van der Waals surface area contributed by atoms with Crippen molar-refractivity contribution in [3.05, 3.63) is 35.4 Å². The summed E-state index contributed by atoms with van der Waals surface area (Å²) in [6.45, 7) is 0.369. The number of rotatable bonds is 1. The first-order valence-electron chi connectivity index (χ1n) is 5.06. The fourth-order valence-electron chi connectivity index (χ4n) is 2.97. The van der Waals surface area contributed by atoms with Gasteiger partial charge in [-0.1, -0.05) is 24.3 Å². The molecule has 1 aromatic carbocycles. The highest BCUT2D eigenvalue weighted by molar-refractivity contribution is 5.44. The molecule has 0 aromatic heterocycles. The SMILES string of the molecule is OCC1CC12CCc1ccccc12. The quantitative estimate of drug-likeness (QED) is 0.689. The monoisotopic (exact) mass is 174 g/mol. The second-order valence-electron chi connectivity index (χ2n) is 4.40. The zero-order chi connectivity index (χ0) is 8.89. The molecule has 1 spiro atoms. The first-order chi connectivity index (χ1) is 6.37. The van der Waals surface area contributed by atoms with Gasteiger partial charge in [0.15, 0.2) is 0 Å². The highest BCUT2D eigenvalue weighted by Gasteiger charge is 2.57. The van der Waals surface area contributed by atoms with Gasteiger partial charge < -0.3 is 5.11 Å². The van der Waals surface area contributed by atoms with E-state index in [1.807, 2.05) is 0 Å². The summed E-state index contributed by atoms with van der Waals surface area (Å²) in [7, 11) is 0. The maximum atomic E-state index is 9.16. The first-order valence-corrected chi connectivity index (χ1v) is 5.06. The van der Waals surface area contributed by atoms with Gasteiger partial charge in [-0.05, 0) is 36.3 Å². The molecule has 2 aliphatic rings. The van der Waals surface area contributed by atoms with E-state index in [4.69, 9.17) is 5.11 Å². The van der Waals surface area contributed by atoms with Crippen molar-refractivity contribution in [2.75, 3.05) is 6.61 Å². The molecule has 3 rings (SSSR count). The predicted octanol–water partition coefficient (Wildman–Crippen LogP) is 1.88. The molecule has 0 heterocycles. The van der Waals surface area contributed by atoms with Gasteiger partial charge in [0.2, 0.25) is 0 Å². The molecule has 2 unspecified atom stereocenters. The van der Waals surface area contributed by atoms with Gasteiger partial charge in [-0.15, -0.1) is 0 Å². The zero-order valence-corrected chi connectivity index (χ0v) is 7.66. The van der Waals surface area contributed by atoms with Crippen LogP contribution in [0.15, 0.2) is 24.3 Å². The van der Waals surface area contributed by atoms with Crippen molar-refractivity contribution in [1.29, 1.82) is 0 Å². The minimum Gasteiger partial charge on any atom is -0.396 e. The van der Waals surface area contributed by atoms with Crippen molar-refractivity contribution >= 4 is 0 Å². The van der Waals surface area contributed by atoms with Gasteiger partial charge in [-0.25, -0.2) is 0 Å². The number of benzene rings is 1. The Morgan fingerprint density at radius 1 is 1.38 bits per heavy atom. The Bertz CT molecular complexity index is 345. The fourth-order valence-corrected chi connectivity index (χ4v) is 2.97. The molecule has 2 atom stereocenters. The van der Waals surface area contributed by atoms with E-state index in [9.17, 15) is 0 Å². The van der Waals surface area contributed by atoms with Gasteiger partial charge in [-0.3, -0.25) is 0 Å². The third kappa shape index (κ3) is 0.856. The van der Waals surface area contributed by atoms with E-state index in [2.05, 4.69) is 24.3 Å². The fraction of sp³-hybridized carbons (Fsp3) is 0.500. The van der Waals surface area contributed by atoms with Gasteiger partial charge >= 0.3 is 0 Å². The van der Waals surface area contributed by atoms with Crippen LogP contribution in [0.2, 0.25) is 0 Å². The maximum absolute atomic E-state index is 9.16. The van der Waals surface area contributed by atoms with Crippen LogP contribution in [0.4, 0.5) is 0 Å². The van der Waals surface area contributed by atoms with Crippen LogP contribution < -0.4 is 0 Å². The summed E-state index contributed by atoms with van der Waals surface area (Å²) in [5.41, 5.74) is 3.43. The van der Waals surface area contributed by atoms with Crippen molar-refractivity contribution in [2.24, 2.45) is 5.92 Å². The number of fused-ring (bicyclic) bond motifs is 2. The lowest BCUT2D eigenvalue weighted by Gasteiger charge is -2.09. The van der Waals surface area contributed by atoms with Crippen LogP contribution in [-0.4, -0.2) is 11.7 Å². The maximum Gasteiger partial charge on any atom is 0.0468 e. The smallest absolute Gasteiger partial charge is 0.0468 e. The van der Waals surface area contributed by atoms with Crippen molar-refractivity contribution in [3.63, 3.8) is 0 Å². The summed E-state index contributed by atoms with van der Waals surface area (Å²) in [6, 6.07) is 8.72. The Labute approximate surface area is 78.4 Å². The van der Waals surface area contributed by atoms with Crippen LogP contribution in [0.3, 0.4) is 0 Å². The summed E-state index contributed by atoms with van der Waals surface area (Å²) in [6.07, 6.45) is 3.69. The molecule has 0 aliphatic heterocycles. The lowest BCUT2D eigenvalue weighted by molar-refractivity contribution is 0.263. The van der Waals surface area contributed by atoms with E-state index in [0.29, 0.717) is 17.9 Å². The standard InChI is InChI=1S/C12H14O/c13-8-10-7-12(10)6-5-9-3-1-2-4-11(9)12/h1-4,10,13H,5-8H2. The molecule has 2 aliphatic carbocycles. The summed E-state index contributed by atoms with van der Waals surface area (Å²) in [5.74, 6) is 0.552. The molecule has 0 saturated heterocycles. The van der Waals surface area contributed by atoms with E-state index in [1.165, 1.54) is 30.4 Å². The molecule has 1 heteroatoms. The third-order valence-electron chi connectivity index (χ3n) is 3.85.